The quantitative estimate of drug-likeness (QED) is 0.550. The maximum atomic E-state index is 12.6. The lowest BCUT2D eigenvalue weighted by Crippen LogP contribution is -2.26. The third-order valence-electron chi connectivity index (χ3n) is 4.53. The lowest BCUT2D eigenvalue weighted by atomic mass is 10.1. The zero-order valence-corrected chi connectivity index (χ0v) is 17.6. The van der Waals surface area contributed by atoms with E-state index in [4.69, 9.17) is 9.47 Å². The molecule has 0 saturated carbocycles. The molecule has 0 aliphatic carbocycles. The molecule has 30 heavy (non-hydrogen) atoms. The van der Waals surface area contributed by atoms with Gasteiger partial charge in [-0.05, 0) is 60.9 Å². The number of hydrogen-bond donors (Lipinski definition) is 1. The molecular weight excluding hydrogens is 402 g/mol. The molecule has 156 valence electrons. The van der Waals surface area contributed by atoms with E-state index in [1.165, 1.54) is 19.2 Å². The predicted molar refractivity (Wildman–Crippen MR) is 114 cm³/mol. The highest BCUT2D eigenvalue weighted by Gasteiger charge is 2.18. The van der Waals surface area contributed by atoms with Crippen molar-refractivity contribution in [3.05, 3.63) is 89.5 Å². The monoisotopic (exact) mass is 425 g/mol. The van der Waals surface area contributed by atoms with Crippen LogP contribution in [0, 0.1) is 6.92 Å². The molecule has 0 bridgehead atoms. The summed E-state index contributed by atoms with van der Waals surface area (Å²) >= 11 is 0. The van der Waals surface area contributed by atoms with Crippen LogP contribution >= 0.6 is 0 Å². The highest BCUT2D eigenvalue weighted by atomic mass is 32.2. The minimum atomic E-state index is -3.74. The second-order valence-electron chi connectivity index (χ2n) is 6.68. The van der Waals surface area contributed by atoms with Crippen molar-refractivity contribution in [1.29, 1.82) is 0 Å². The first-order chi connectivity index (χ1) is 14.4. The van der Waals surface area contributed by atoms with Gasteiger partial charge in [-0.15, -0.1) is 0 Å². The summed E-state index contributed by atoms with van der Waals surface area (Å²) in [5, 5.41) is 0. The summed E-state index contributed by atoms with van der Waals surface area (Å²) in [6.07, 6.45) is 0.514. The molecule has 0 fully saturated rings. The number of methoxy groups -OCH3 is 1. The molecule has 0 unspecified atom stereocenters. The zero-order valence-electron chi connectivity index (χ0n) is 16.8. The molecule has 3 aromatic carbocycles. The van der Waals surface area contributed by atoms with Gasteiger partial charge in [0.25, 0.3) is 0 Å². The second-order valence-corrected chi connectivity index (χ2v) is 8.44. The summed E-state index contributed by atoms with van der Waals surface area (Å²) in [5.41, 5.74) is 1.85. The van der Waals surface area contributed by atoms with Crippen LogP contribution in [-0.4, -0.2) is 28.0 Å². The lowest BCUT2D eigenvalue weighted by Gasteiger charge is -2.10. The molecule has 0 aliphatic rings. The van der Waals surface area contributed by atoms with Gasteiger partial charge in [0.15, 0.2) is 0 Å². The molecule has 0 saturated heterocycles. The number of nitrogens with one attached hydrogen (secondary N) is 1. The SMILES string of the molecule is COC(=O)c1cc(S(=O)(=O)NCCc2ccc(Oc3ccccc3)cc2)ccc1C. The Morgan fingerprint density at radius 3 is 2.27 bits per heavy atom. The minimum absolute atomic E-state index is 0.0279. The molecule has 3 aromatic rings. The van der Waals surface area contributed by atoms with Crippen LogP contribution < -0.4 is 9.46 Å². The first kappa shape index (κ1) is 21.5. The number of para-hydroxylation sites is 1. The Hall–Kier alpha value is -3.16. The summed E-state index contributed by atoms with van der Waals surface area (Å²) < 4.78 is 38.2. The molecule has 0 heterocycles. The maximum absolute atomic E-state index is 12.6. The number of esters is 1. The fraction of sp³-hybridized carbons (Fsp3) is 0.174. The van der Waals surface area contributed by atoms with Crippen molar-refractivity contribution in [1.82, 2.24) is 4.72 Å². The Morgan fingerprint density at radius 1 is 0.933 bits per heavy atom. The van der Waals surface area contributed by atoms with Gasteiger partial charge in [-0.2, -0.15) is 0 Å². The highest BCUT2D eigenvalue weighted by molar-refractivity contribution is 7.89. The van der Waals surface area contributed by atoms with E-state index in [2.05, 4.69) is 4.72 Å². The van der Waals surface area contributed by atoms with E-state index in [1.807, 2.05) is 54.6 Å². The Morgan fingerprint density at radius 2 is 1.60 bits per heavy atom. The number of benzene rings is 3. The van der Waals surface area contributed by atoms with E-state index < -0.39 is 16.0 Å². The van der Waals surface area contributed by atoms with Gasteiger partial charge in [0.2, 0.25) is 10.0 Å². The highest BCUT2D eigenvalue weighted by Crippen LogP contribution is 2.21. The molecule has 0 atom stereocenters. The summed E-state index contributed by atoms with van der Waals surface area (Å²) in [6, 6.07) is 21.4. The van der Waals surface area contributed by atoms with Crippen molar-refractivity contribution in [2.24, 2.45) is 0 Å². The van der Waals surface area contributed by atoms with E-state index in [9.17, 15) is 13.2 Å². The van der Waals surface area contributed by atoms with Crippen molar-refractivity contribution >= 4 is 16.0 Å². The first-order valence-electron chi connectivity index (χ1n) is 9.39. The van der Waals surface area contributed by atoms with Gasteiger partial charge in [-0.25, -0.2) is 17.9 Å². The number of sulfonamides is 1. The van der Waals surface area contributed by atoms with Crippen LogP contribution in [0.5, 0.6) is 11.5 Å². The van der Waals surface area contributed by atoms with Crippen LogP contribution in [0.1, 0.15) is 21.5 Å². The summed E-state index contributed by atoms with van der Waals surface area (Å²) in [7, 11) is -2.48. The molecule has 6 nitrogen and oxygen atoms in total. The number of aryl methyl sites for hydroxylation is 1. The minimum Gasteiger partial charge on any atom is -0.465 e. The van der Waals surface area contributed by atoms with Gasteiger partial charge in [-0.3, -0.25) is 0 Å². The van der Waals surface area contributed by atoms with Crippen LogP contribution in [0.2, 0.25) is 0 Å². The van der Waals surface area contributed by atoms with Crippen LogP contribution in [0.3, 0.4) is 0 Å². The molecule has 3 rings (SSSR count). The Bertz CT molecular complexity index is 1110. The van der Waals surface area contributed by atoms with Crippen molar-refractivity contribution in [2.45, 2.75) is 18.2 Å². The zero-order chi connectivity index (χ0) is 21.6. The van der Waals surface area contributed by atoms with Crippen LogP contribution in [0.4, 0.5) is 0 Å². The topological polar surface area (TPSA) is 81.7 Å². The van der Waals surface area contributed by atoms with Gasteiger partial charge < -0.3 is 9.47 Å². The number of hydrogen-bond acceptors (Lipinski definition) is 5. The van der Waals surface area contributed by atoms with Gasteiger partial charge in [0.05, 0.1) is 17.6 Å². The number of rotatable bonds is 8. The van der Waals surface area contributed by atoms with Gasteiger partial charge >= 0.3 is 5.97 Å². The molecule has 0 spiro atoms. The van der Waals surface area contributed by atoms with Crippen molar-refractivity contribution in [3.8, 4) is 11.5 Å². The van der Waals surface area contributed by atoms with E-state index in [1.54, 1.807) is 13.0 Å². The number of carbonyl (C=O) groups is 1. The van der Waals surface area contributed by atoms with E-state index in [0.717, 1.165) is 11.3 Å². The van der Waals surface area contributed by atoms with Crippen molar-refractivity contribution in [2.75, 3.05) is 13.7 Å². The third-order valence-corrected chi connectivity index (χ3v) is 5.99. The molecule has 0 aromatic heterocycles. The van der Waals surface area contributed by atoms with Crippen LogP contribution in [0.25, 0.3) is 0 Å². The van der Waals surface area contributed by atoms with E-state index in [0.29, 0.717) is 17.7 Å². The Labute approximate surface area is 176 Å². The van der Waals surface area contributed by atoms with Gasteiger partial charge in [-0.1, -0.05) is 36.4 Å². The molecule has 1 N–H and O–H groups in total. The predicted octanol–water partition coefficient (Wildman–Crippen LogP) is 4.09. The standard InChI is InChI=1S/C23H23NO5S/c1-17-8-13-21(16-22(17)23(25)28-2)30(26,27)24-15-14-18-9-11-20(12-10-18)29-19-6-4-3-5-7-19/h3-13,16,24H,14-15H2,1-2H3. The fourth-order valence-corrected chi connectivity index (χ4v) is 3.92. The van der Waals surface area contributed by atoms with E-state index >= 15 is 0 Å². The van der Waals surface area contributed by atoms with Crippen LogP contribution in [0.15, 0.2) is 77.7 Å². The summed E-state index contributed by atoms with van der Waals surface area (Å²) in [5.74, 6) is 0.894. The normalized spacial score (nSPS) is 11.1. The molecule has 0 radical (unpaired) electrons. The summed E-state index contributed by atoms with van der Waals surface area (Å²) in [4.78, 5) is 11.8. The maximum Gasteiger partial charge on any atom is 0.338 e. The number of carbonyl (C=O) groups excluding carboxylic acids is 1. The largest absolute Gasteiger partial charge is 0.465 e. The smallest absolute Gasteiger partial charge is 0.338 e. The fourth-order valence-electron chi connectivity index (χ4n) is 2.86. The third kappa shape index (κ3) is 5.46. The average Bonchev–Trinajstić information content (AvgIpc) is 2.75. The van der Waals surface area contributed by atoms with E-state index in [-0.39, 0.29) is 17.0 Å². The van der Waals surface area contributed by atoms with Gasteiger partial charge in [0.1, 0.15) is 11.5 Å². The first-order valence-corrected chi connectivity index (χ1v) is 10.9. The molecule has 7 heteroatoms. The molecule has 0 aliphatic heterocycles. The lowest BCUT2D eigenvalue weighted by molar-refractivity contribution is 0.0599. The molecular formula is C23H23NO5S. The average molecular weight is 426 g/mol. The molecule has 0 amide bonds. The van der Waals surface area contributed by atoms with Crippen molar-refractivity contribution < 1.29 is 22.7 Å². The summed E-state index contributed by atoms with van der Waals surface area (Å²) in [6.45, 7) is 1.95. The second kappa shape index (κ2) is 9.56. The van der Waals surface area contributed by atoms with Gasteiger partial charge in [0, 0.05) is 6.54 Å². The Kier molecular flexibility index (Phi) is 6.87. The number of ether oxygens (including phenoxy) is 2. The van der Waals surface area contributed by atoms with Crippen molar-refractivity contribution in [3.63, 3.8) is 0 Å². The Balaban J connectivity index is 1.60. The van der Waals surface area contributed by atoms with Crippen LogP contribution in [-0.2, 0) is 21.2 Å².